The van der Waals surface area contributed by atoms with Gasteiger partial charge in [0, 0.05) is 24.3 Å². The lowest BCUT2D eigenvalue weighted by Gasteiger charge is -2.32. The second-order valence-corrected chi connectivity index (χ2v) is 7.07. The van der Waals surface area contributed by atoms with Crippen LogP contribution >= 0.6 is 0 Å². The maximum Gasteiger partial charge on any atom is 0.255 e. The topological polar surface area (TPSA) is 111 Å². The van der Waals surface area contributed by atoms with Crippen LogP contribution in [0, 0.1) is 5.92 Å². The normalized spacial score (nSPS) is 15.9. The Morgan fingerprint density at radius 3 is 2.60 bits per heavy atom. The van der Waals surface area contributed by atoms with Crippen molar-refractivity contribution in [3.63, 3.8) is 0 Å². The lowest BCUT2D eigenvalue weighted by atomic mass is 9.96. The molecule has 1 heterocycles. The second kappa shape index (κ2) is 9.78. The van der Waals surface area contributed by atoms with Crippen molar-refractivity contribution in [3.05, 3.63) is 54.1 Å². The first-order valence-electron chi connectivity index (χ1n) is 9.72. The van der Waals surface area contributed by atoms with Crippen LogP contribution in [0.25, 0.3) is 0 Å². The maximum atomic E-state index is 13.0. The number of hydrogen-bond acceptors (Lipinski definition) is 5. The van der Waals surface area contributed by atoms with E-state index in [0.29, 0.717) is 30.2 Å². The number of anilines is 1. The summed E-state index contributed by atoms with van der Waals surface area (Å²) in [6.07, 6.45) is 1.47. The van der Waals surface area contributed by atoms with Gasteiger partial charge < -0.3 is 25.4 Å². The van der Waals surface area contributed by atoms with Crippen LogP contribution < -0.4 is 20.5 Å². The van der Waals surface area contributed by atoms with E-state index in [0.717, 1.165) is 18.5 Å². The van der Waals surface area contributed by atoms with Crippen LogP contribution in [-0.4, -0.2) is 49.4 Å². The van der Waals surface area contributed by atoms with E-state index in [4.69, 9.17) is 15.2 Å². The molecule has 3 amide bonds. The molecule has 2 aromatic rings. The average molecular weight is 411 g/mol. The predicted octanol–water partition coefficient (Wildman–Crippen LogP) is 2.05. The number of hydrogen-bond donors (Lipinski definition) is 2. The highest BCUT2D eigenvalue weighted by Gasteiger charge is 2.29. The molecule has 158 valence electrons. The minimum atomic E-state index is -0.606. The first-order chi connectivity index (χ1) is 14.5. The molecule has 0 aliphatic carbocycles. The van der Waals surface area contributed by atoms with Crippen molar-refractivity contribution >= 4 is 23.4 Å². The third-order valence-corrected chi connectivity index (χ3v) is 4.90. The second-order valence-electron chi connectivity index (χ2n) is 7.07. The Balaban J connectivity index is 1.67. The van der Waals surface area contributed by atoms with Gasteiger partial charge in [-0.3, -0.25) is 14.4 Å². The number of primary amides is 1. The summed E-state index contributed by atoms with van der Waals surface area (Å²) in [5.41, 5.74) is 6.25. The number of nitrogens with one attached hydrogen (secondary N) is 1. The SMILES string of the molecule is COc1cc(C(=O)N2CCC[C@H](C(=O)Nc3ccccc3)C2)ccc1OCC(N)=O. The number of ether oxygens (including phenoxy) is 2. The molecule has 1 aliphatic heterocycles. The molecule has 1 atom stereocenters. The lowest BCUT2D eigenvalue weighted by molar-refractivity contribution is -0.121. The van der Waals surface area contributed by atoms with Gasteiger partial charge in [-0.2, -0.15) is 0 Å². The number of carbonyl (C=O) groups is 3. The summed E-state index contributed by atoms with van der Waals surface area (Å²) in [7, 11) is 1.45. The Labute approximate surface area is 174 Å². The van der Waals surface area contributed by atoms with Crippen LogP contribution in [0.2, 0.25) is 0 Å². The predicted molar refractivity (Wildman–Crippen MR) is 111 cm³/mol. The smallest absolute Gasteiger partial charge is 0.255 e. The monoisotopic (exact) mass is 411 g/mol. The quantitative estimate of drug-likeness (QED) is 0.724. The molecular formula is C22H25N3O5. The van der Waals surface area contributed by atoms with E-state index >= 15 is 0 Å². The summed E-state index contributed by atoms with van der Waals surface area (Å²) in [6.45, 7) is 0.643. The summed E-state index contributed by atoms with van der Waals surface area (Å²) in [4.78, 5) is 38.2. The van der Waals surface area contributed by atoms with Gasteiger partial charge >= 0.3 is 0 Å². The van der Waals surface area contributed by atoms with E-state index in [9.17, 15) is 14.4 Å². The fourth-order valence-electron chi connectivity index (χ4n) is 3.39. The highest BCUT2D eigenvalue weighted by molar-refractivity contribution is 5.96. The van der Waals surface area contributed by atoms with Crippen molar-refractivity contribution < 1.29 is 23.9 Å². The van der Waals surface area contributed by atoms with Crippen LogP contribution in [0.3, 0.4) is 0 Å². The minimum absolute atomic E-state index is 0.0912. The standard InChI is InChI=1S/C22H25N3O5/c1-29-19-12-15(9-10-18(19)30-14-20(23)26)22(28)25-11-5-6-16(13-25)21(27)24-17-7-3-2-4-8-17/h2-4,7-10,12,16H,5-6,11,13-14H2,1H3,(H2,23,26)(H,24,27)/t16-/m0/s1. The third-order valence-electron chi connectivity index (χ3n) is 4.90. The van der Waals surface area contributed by atoms with E-state index in [-0.39, 0.29) is 24.3 Å². The first kappa shape index (κ1) is 21.2. The van der Waals surface area contributed by atoms with Gasteiger partial charge in [0.15, 0.2) is 18.1 Å². The Kier molecular flexibility index (Phi) is 6.90. The van der Waals surface area contributed by atoms with Gasteiger partial charge in [-0.05, 0) is 43.2 Å². The van der Waals surface area contributed by atoms with Crippen molar-refractivity contribution in [2.45, 2.75) is 12.8 Å². The summed E-state index contributed by atoms with van der Waals surface area (Å²) >= 11 is 0. The first-order valence-corrected chi connectivity index (χ1v) is 9.72. The number of rotatable bonds is 7. The number of benzene rings is 2. The Morgan fingerprint density at radius 2 is 1.90 bits per heavy atom. The molecule has 1 fully saturated rings. The van der Waals surface area contributed by atoms with Gasteiger partial charge in [0.05, 0.1) is 13.0 Å². The van der Waals surface area contributed by atoms with Crippen molar-refractivity contribution in [1.29, 1.82) is 0 Å². The third kappa shape index (κ3) is 5.28. The zero-order valence-electron chi connectivity index (χ0n) is 16.8. The fraction of sp³-hybridized carbons (Fsp3) is 0.318. The van der Waals surface area contributed by atoms with E-state index in [1.807, 2.05) is 30.3 Å². The number of nitrogens with zero attached hydrogens (tertiary/aromatic N) is 1. The molecule has 0 unspecified atom stereocenters. The van der Waals surface area contributed by atoms with E-state index < -0.39 is 5.91 Å². The summed E-state index contributed by atoms with van der Waals surface area (Å²) < 4.78 is 10.6. The number of likely N-dealkylation sites (tertiary alicyclic amines) is 1. The number of carbonyl (C=O) groups excluding carboxylic acids is 3. The van der Waals surface area contributed by atoms with E-state index in [2.05, 4.69) is 5.32 Å². The maximum absolute atomic E-state index is 13.0. The van der Waals surface area contributed by atoms with E-state index in [1.165, 1.54) is 7.11 Å². The van der Waals surface area contributed by atoms with Crippen LogP contribution in [0.5, 0.6) is 11.5 Å². The Morgan fingerprint density at radius 1 is 1.13 bits per heavy atom. The van der Waals surface area contributed by atoms with Gasteiger partial charge in [-0.1, -0.05) is 18.2 Å². The molecule has 0 bridgehead atoms. The van der Waals surface area contributed by atoms with E-state index in [1.54, 1.807) is 23.1 Å². The van der Waals surface area contributed by atoms with Gasteiger partial charge in [0.2, 0.25) is 5.91 Å². The van der Waals surface area contributed by atoms with Gasteiger partial charge in [0.1, 0.15) is 0 Å². The molecule has 2 aromatic carbocycles. The van der Waals surface area contributed by atoms with Crippen LogP contribution in [-0.2, 0) is 9.59 Å². The van der Waals surface area contributed by atoms with Crippen LogP contribution in [0.15, 0.2) is 48.5 Å². The van der Waals surface area contributed by atoms with Crippen LogP contribution in [0.4, 0.5) is 5.69 Å². The fourth-order valence-corrected chi connectivity index (χ4v) is 3.39. The lowest BCUT2D eigenvalue weighted by Crippen LogP contribution is -2.43. The molecule has 0 aromatic heterocycles. The number of nitrogens with two attached hydrogens (primary N) is 1. The van der Waals surface area contributed by atoms with Crippen molar-refractivity contribution in [3.8, 4) is 11.5 Å². The number of amides is 3. The molecule has 1 saturated heterocycles. The molecule has 1 aliphatic rings. The van der Waals surface area contributed by atoms with Crippen LogP contribution in [0.1, 0.15) is 23.2 Å². The van der Waals surface area contributed by atoms with Crippen molar-refractivity contribution in [2.24, 2.45) is 11.7 Å². The highest BCUT2D eigenvalue weighted by Crippen LogP contribution is 2.29. The molecule has 8 nitrogen and oxygen atoms in total. The molecule has 3 rings (SSSR count). The summed E-state index contributed by atoms with van der Waals surface area (Å²) in [5.74, 6) is -0.504. The zero-order valence-corrected chi connectivity index (χ0v) is 16.8. The Hall–Kier alpha value is -3.55. The molecular weight excluding hydrogens is 386 g/mol. The van der Waals surface area contributed by atoms with Gasteiger partial charge in [-0.15, -0.1) is 0 Å². The van der Waals surface area contributed by atoms with Gasteiger partial charge in [0.25, 0.3) is 11.8 Å². The van der Waals surface area contributed by atoms with Crippen molar-refractivity contribution in [1.82, 2.24) is 4.90 Å². The van der Waals surface area contributed by atoms with Crippen molar-refractivity contribution in [2.75, 3.05) is 32.1 Å². The minimum Gasteiger partial charge on any atom is -0.493 e. The zero-order chi connectivity index (χ0) is 21.5. The average Bonchev–Trinajstić information content (AvgIpc) is 2.77. The Bertz CT molecular complexity index is 916. The highest BCUT2D eigenvalue weighted by atomic mass is 16.5. The molecule has 30 heavy (non-hydrogen) atoms. The summed E-state index contributed by atoms with van der Waals surface area (Å²) in [5, 5.41) is 2.91. The molecule has 0 saturated carbocycles. The molecule has 3 N–H and O–H groups in total. The molecule has 8 heteroatoms. The molecule has 0 spiro atoms. The number of methoxy groups -OCH3 is 1. The van der Waals surface area contributed by atoms with Gasteiger partial charge in [-0.25, -0.2) is 0 Å². The largest absolute Gasteiger partial charge is 0.493 e. The summed E-state index contributed by atoms with van der Waals surface area (Å²) in [6, 6.07) is 14.0. The molecule has 0 radical (unpaired) electrons. The number of piperidine rings is 1. The number of para-hydroxylation sites is 1.